The predicted octanol–water partition coefficient (Wildman–Crippen LogP) is 5.18. The molecule has 0 spiro atoms. The number of piperidine rings is 1. The molecule has 2 aromatic carbocycles. The van der Waals surface area contributed by atoms with Gasteiger partial charge in [0.25, 0.3) is 0 Å². The molecule has 0 amide bonds. The van der Waals surface area contributed by atoms with Crippen LogP contribution < -0.4 is 9.47 Å². The molecule has 1 heterocycles. The Labute approximate surface area is 188 Å². The Morgan fingerprint density at radius 2 is 1.74 bits per heavy atom. The van der Waals surface area contributed by atoms with Crippen molar-refractivity contribution in [2.45, 2.75) is 58.6 Å². The van der Waals surface area contributed by atoms with Crippen molar-refractivity contribution in [3.05, 3.63) is 59.7 Å². The normalized spacial score (nSPS) is 22.7. The maximum atomic E-state index is 11.0. The molecule has 4 nitrogen and oxygen atoms in total. The van der Waals surface area contributed by atoms with Gasteiger partial charge in [-0.05, 0) is 42.4 Å². The van der Waals surface area contributed by atoms with Gasteiger partial charge in [-0.3, -0.25) is 0 Å². The zero-order chi connectivity index (χ0) is 22.5. The molecule has 3 rings (SSSR count). The number of hydrogen-bond acceptors (Lipinski definition) is 3. The molecule has 1 saturated heterocycles. The Bertz CT molecular complexity index is 820. The summed E-state index contributed by atoms with van der Waals surface area (Å²) in [5.74, 6) is 2.42. The summed E-state index contributed by atoms with van der Waals surface area (Å²) in [5, 5.41) is 11.0. The summed E-state index contributed by atoms with van der Waals surface area (Å²) >= 11 is 0. The summed E-state index contributed by atoms with van der Waals surface area (Å²) in [7, 11) is 1.68. The fourth-order valence-corrected chi connectivity index (χ4v) is 4.65. The van der Waals surface area contributed by atoms with Crippen molar-refractivity contribution in [1.29, 1.82) is 0 Å². The van der Waals surface area contributed by atoms with Gasteiger partial charge in [-0.1, -0.05) is 58.0 Å². The Balaban J connectivity index is 1.70. The number of hydrogen-bond donors (Lipinski definition) is 1. The molecule has 1 atom stereocenters. The molecule has 1 aliphatic rings. The van der Waals surface area contributed by atoms with Gasteiger partial charge < -0.3 is 19.1 Å². The third kappa shape index (κ3) is 6.47. The van der Waals surface area contributed by atoms with Crippen LogP contribution in [0, 0.1) is 5.92 Å². The number of aliphatic hydroxyl groups is 1. The van der Waals surface area contributed by atoms with Crippen LogP contribution in [0.3, 0.4) is 0 Å². The van der Waals surface area contributed by atoms with Crippen LogP contribution in [0.25, 0.3) is 0 Å². The number of rotatable bonds is 8. The highest BCUT2D eigenvalue weighted by Gasteiger charge is 2.35. The summed E-state index contributed by atoms with van der Waals surface area (Å²) < 4.78 is 12.5. The van der Waals surface area contributed by atoms with Gasteiger partial charge in [0.2, 0.25) is 0 Å². The minimum absolute atomic E-state index is 0.0705. The highest BCUT2D eigenvalue weighted by Crippen LogP contribution is 2.34. The molecular weight excluding hydrogens is 386 g/mol. The van der Waals surface area contributed by atoms with Crippen LogP contribution in [0.2, 0.25) is 0 Å². The van der Waals surface area contributed by atoms with E-state index in [2.05, 4.69) is 58.0 Å². The maximum absolute atomic E-state index is 11.0. The van der Waals surface area contributed by atoms with Crippen molar-refractivity contribution in [3.8, 4) is 11.5 Å². The SMILES string of the molecule is COc1ccc(OC[C@@H](O)C[N+]2(Cc3ccccc3)CCC(C)CC2)c(C(C)(C)C)c1. The molecule has 0 unspecified atom stereocenters. The van der Waals surface area contributed by atoms with E-state index in [4.69, 9.17) is 9.47 Å². The van der Waals surface area contributed by atoms with Gasteiger partial charge in [0, 0.05) is 11.1 Å². The predicted molar refractivity (Wildman–Crippen MR) is 127 cm³/mol. The van der Waals surface area contributed by atoms with E-state index in [9.17, 15) is 5.11 Å². The summed E-state index contributed by atoms with van der Waals surface area (Å²) in [6.45, 7) is 13.1. The van der Waals surface area contributed by atoms with E-state index in [0.717, 1.165) is 53.6 Å². The first-order valence-electron chi connectivity index (χ1n) is 11.6. The van der Waals surface area contributed by atoms with Gasteiger partial charge in [0.1, 0.15) is 37.3 Å². The lowest BCUT2D eigenvalue weighted by atomic mass is 9.86. The molecule has 4 heteroatoms. The molecule has 0 saturated carbocycles. The lowest BCUT2D eigenvalue weighted by molar-refractivity contribution is -0.948. The second-order valence-electron chi connectivity index (χ2n) is 10.4. The zero-order valence-corrected chi connectivity index (χ0v) is 19.9. The number of likely N-dealkylation sites (tertiary alicyclic amines) is 1. The number of quaternary nitrogens is 1. The smallest absolute Gasteiger partial charge is 0.137 e. The first-order valence-corrected chi connectivity index (χ1v) is 11.6. The highest BCUT2D eigenvalue weighted by atomic mass is 16.5. The third-order valence-corrected chi connectivity index (χ3v) is 6.58. The number of ether oxygens (including phenoxy) is 2. The van der Waals surface area contributed by atoms with Crippen LogP contribution in [0.15, 0.2) is 48.5 Å². The lowest BCUT2D eigenvalue weighted by Crippen LogP contribution is -2.56. The Hall–Kier alpha value is -2.04. The maximum Gasteiger partial charge on any atom is 0.137 e. The van der Waals surface area contributed by atoms with Crippen molar-refractivity contribution >= 4 is 0 Å². The monoisotopic (exact) mass is 426 g/mol. The van der Waals surface area contributed by atoms with Crippen molar-refractivity contribution in [2.24, 2.45) is 5.92 Å². The van der Waals surface area contributed by atoms with Crippen molar-refractivity contribution in [1.82, 2.24) is 0 Å². The third-order valence-electron chi connectivity index (χ3n) is 6.58. The molecule has 1 aliphatic heterocycles. The van der Waals surface area contributed by atoms with Gasteiger partial charge in [-0.25, -0.2) is 0 Å². The van der Waals surface area contributed by atoms with E-state index in [1.807, 2.05) is 18.2 Å². The Morgan fingerprint density at radius 1 is 1.06 bits per heavy atom. The molecule has 0 aliphatic carbocycles. The van der Waals surface area contributed by atoms with Crippen molar-refractivity contribution in [2.75, 3.05) is 33.4 Å². The topological polar surface area (TPSA) is 38.7 Å². The Morgan fingerprint density at radius 3 is 2.35 bits per heavy atom. The van der Waals surface area contributed by atoms with E-state index in [1.54, 1.807) is 7.11 Å². The van der Waals surface area contributed by atoms with Gasteiger partial charge >= 0.3 is 0 Å². The van der Waals surface area contributed by atoms with Gasteiger partial charge in [-0.2, -0.15) is 0 Å². The van der Waals surface area contributed by atoms with Crippen LogP contribution in [0.5, 0.6) is 11.5 Å². The van der Waals surface area contributed by atoms with Crippen molar-refractivity contribution < 1.29 is 19.1 Å². The summed E-state index contributed by atoms with van der Waals surface area (Å²) in [6, 6.07) is 16.6. The molecule has 1 N–H and O–H groups in total. The number of benzene rings is 2. The quantitative estimate of drug-likeness (QED) is 0.591. The Kier molecular flexibility index (Phi) is 7.66. The minimum Gasteiger partial charge on any atom is -0.497 e. The van der Waals surface area contributed by atoms with E-state index in [0.29, 0.717) is 6.61 Å². The van der Waals surface area contributed by atoms with Gasteiger partial charge in [-0.15, -0.1) is 0 Å². The molecule has 0 bridgehead atoms. The average Bonchev–Trinajstić information content (AvgIpc) is 2.74. The van der Waals surface area contributed by atoms with E-state index in [1.165, 1.54) is 18.4 Å². The largest absolute Gasteiger partial charge is 0.497 e. The fourth-order valence-electron chi connectivity index (χ4n) is 4.65. The first kappa shape index (κ1) is 23.6. The summed E-state index contributed by atoms with van der Waals surface area (Å²) in [6.07, 6.45) is 1.92. The average molecular weight is 427 g/mol. The van der Waals surface area contributed by atoms with E-state index >= 15 is 0 Å². The van der Waals surface area contributed by atoms with Crippen LogP contribution >= 0.6 is 0 Å². The lowest BCUT2D eigenvalue weighted by Gasteiger charge is -2.44. The van der Waals surface area contributed by atoms with Crippen LogP contribution in [-0.4, -0.2) is 49.0 Å². The molecule has 0 radical (unpaired) electrons. The summed E-state index contributed by atoms with van der Waals surface area (Å²) in [5.41, 5.74) is 2.37. The minimum atomic E-state index is -0.507. The molecular formula is C27H40NO3+. The second kappa shape index (κ2) is 10.1. The fraction of sp³-hybridized carbons (Fsp3) is 0.556. The molecule has 31 heavy (non-hydrogen) atoms. The zero-order valence-electron chi connectivity index (χ0n) is 19.9. The second-order valence-corrected chi connectivity index (χ2v) is 10.4. The number of nitrogens with zero attached hydrogens (tertiary/aromatic N) is 1. The molecule has 170 valence electrons. The number of aliphatic hydroxyl groups excluding tert-OH is 1. The van der Waals surface area contributed by atoms with Crippen molar-refractivity contribution in [3.63, 3.8) is 0 Å². The van der Waals surface area contributed by atoms with Crippen LogP contribution in [-0.2, 0) is 12.0 Å². The first-order chi connectivity index (χ1) is 14.7. The van der Waals surface area contributed by atoms with Crippen LogP contribution in [0.1, 0.15) is 51.7 Å². The summed E-state index contributed by atoms with van der Waals surface area (Å²) in [4.78, 5) is 0. The molecule has 1 fully saturated rings. The number of methoxy groups -OCH3 is 1. The van der Waals surface area contributed by atoms with E-state index < -0.39 is 6.10 Å². The molecule has 0 aromatic heterocycles. The standard InChI is InChI=1S/C27H40NO3/c1-21-13-15-28(16-14-21,18-22-9-7-6-8-10-22)19-23(29)20-31-26-12-11-24(30-5)17-25(26)27(2,3)4/h6-12,17,21,23,29H,13-16,18-20H2,1-5H3/q+1/t21?,23-,28?/m0/s1. The van der Waals surface area contributed by atoms with Gasteiger partial charge in [0.15, 0.2) is 0 Å². The molecule has 2 aromatic rings. The highest BCUT2D eigenvalue weighted by molar-refractivity contribution is 5.44. The van der Waals surface area contributed by atoms with Gasteiger partial charge in [0.05, 0.1) is 20.2 Å². The van der Waals surface area contributed by atoms with Crippen LogP contribution in [0.4, 0.5) is 0 Å². The van der Waals surface area contributed by atoms with E-state index in [-0.39, 0.29) is 5.41 Å².